The first-order valence-corrected chi connectivity index (χ1v) is 8.54. The molecule has 1 aliphatic rings. The maximum absolute atomic E-state index is 13.8. The summed E-state index contributed by atoms with van der Waals surface area (Å²) in [6, 6.07) is 6.37. The number of piperidine rings is 1. The minimum absolute atomic E-state index is 0.0577. The van der Waals surface area contributed by atoms with E-state index in [-0.39, 0.29) is 23.5 Å². The summed E-state index contributed by atoms with van der Waals surface area (Å²) in [6.07, 6.45) is 4.24. The van der Waals surface area contributed by atoms with E-state index in [2.05, 4.69) is 10.1 Å². The topological polar surface area (TPSA) is 59.2 Å². The summed E-state index contributed by atoms with van der Waals surface area (Å²) in [5, 5.41) is 3.89. The fraction of sp³-hybridized carbons (Fsp3) is 0.421. The Hall–Kier alpha value is -2.50. The summed E-state index contributed by atoms with van der Waals surface area (Å²) in [5.41, 5.74) is 1.33. The number of hydrogen-bond acceptors (Lipinski definition) is 4. The summed E-state index contributed by atoms with van der Waals surface area (Å²) in [4.78, 5) is 18.4. The molecule has 1 aliphatic heterocycles. The van der Waals surface area contributed by atoms with E-state index in [9.17, 15) is 9.18 Å². The van der Waals surface area contributed by atoms with Crippen molar-refractivity contribution in [2.24, 2.45) is 5.92 Å². The van der Waals surface area contributed by atoms with Gasteiger partial charge in [-0.2, -0.15) is 4.98 Å². The van der Waals surface area contributed by atoms with E-state index in [1.54, 1.807) is 24.3 Å². The Labute approximate surface area is 146 Å². The molecule has 0 unspecified atom stereocenters. The van der Waals surface area contributed by atoms with Gasteiger partial charge in [0, 0.05) is 25.6 Å². The molecule has 1 atom stereocenters. The van der Waals surface area contributed by atoms with Crippen LogP contribution in [0, 0.1) is 11.7 Å². The lowest BCUT2D eigenvalue weighted by Crippen LogP contribution is -2.39. The number of amides is 1. The molecule has 0 N–H and O–H groups in total. The van der Waals surface area contributed by atoms with Crippen molar-refractivity contribution in [3.8, 4) is 11.4 Å². The number of rotatable bonds is 4. The zero-order valence-corrected chi connectivity index (χ0v) is 14.5. The molecule has 6 heteroatoms. The van der Waals surface area contributed by atoms with Gasteiger partial charge in [-0.15, -0.1) is 0 Å². The molecular formula is C19H22FN3O2. The van der Waals surface area contributed by atoms with Crippen LogP contribution < -0.4 is 0 Å². The van der Waals surface area contributed by atoms with Crippen molar-refractivity contribution in [3.05, 3.63) is 47.6 Å². The van der Waals surface area contributed by atoms with Crippen LogP contribution in [0.1, 0.15) is 32.6 Å². The van der Waals surface area contributed by atoms with Crippen molar-refractivity contribution in [3.63, 3.8) is 0 Å². The Morgan fingerprint density at radius 1 is 1.40 bits per heavy atom. The molecule has 2 heterocycles. The van der Waals surface area contributed by atoms with Gasteiger partial charge >= 0.3 is 0 Å². The van der Waals surface area contributed by atoms with Crippen LogP contribution in [0.5, 0.6) is 0 Å². The van der Waals surface area contributed by atoms with Gasteiger partial charge in [-0.05, 0) is 44.7 Å². The van der Waals surface area contributed by atoms with Crippen LogP contribution >= 0.6 is 0 Å². The van der Waals surface area contributed by atoms with Crippen LogP contribution in [0.25, 0.3) is 11.4 Å². The van der Waals surface area contributed by atoms with Crippen molar-refractivity contribution in [1.82, 2.24) is 15.0 Å². The van der Waals surface area contributed by atoms with E-state index in [0.29, 0.717) is 24.4 Å². The lowest BCUT2D eigenvalue weighted by atomic mass is 9.94. The number of hydrogen-bond donors (Lipinski definition) is 0. The van der Waals surface area contributed by atoms with Gasteiger partial charge in [0.05, 0.1) is 5.56 Å². The van der Waals surface area contributed by atoms with Gasteiger partial charge in [0.15, 0.2) is 0 Å². The molecule has 25 heavy (non-hydrogen) atoms. The summed E-state index contributed by atoms with van der Waals surface area (Å²) >= 11 is 0. The predicted molar refractivity (Wildman–Crippen MR) is 92.1 cm³/mol. The first-order chi connectivity index (χ1) is 12.0. The highest BCUT2D eigenvalue weighted by atomic mass is 19.1. The van der Waals surface area contributed by atoms with E-state index < -0.39 is 0 Å². The van der Waals surface area contributed by atoms with E-state index in [1.807, 2.05) is 18.7 Å². The first kappa shape index (κ1) is 17.3. The molecule has 0 aliphatic carbocycles. The van der Waals surface area contributed by atoms with E-state index in [1.165, 1.54) is 6.07 Å². The van der Waals surface area contributed by atoms with Gasteiger partial charge in [0.25, 0.3) is 0 Å². The second-order valence-corrected chi connectivity index (χ2v) is 6.71. The Bertz CT molecular complexity index is 780. The van der Waals surface area contributed by atoms with Gasteiger partial charge in [0.1, 0.15) is 5.82 Å². The third kappa shape index (κ3) is 4.32. The quantitative estimate of drug-likeness (QED) is 0.796. The Morgan fingerprint density at radius 3 is 2.96 bits per heavy atom. The molecule has 1 fully saturated rings. The molecule has 1 saturated heterocycles. The molecule has 1 amide bonds. The smallest absolute Gasteiger partial charge is 0.246 e. The SMILES string of the molecule is CC(C)=CC(=O)N1CCC[C@H](Cc2nc(-c3ccccc3F)no2)C1. The fourth-order valence-electron chi connectivity index (χ4n) is 3.11. The molecule has 2 aromatic rings. The molecule has 132 valence electrons. The van der Waals surface area contributed by atoms with Crippen molar-refractivity contribution >= 4 is 5.91 Å². The lowest BCUT2D eigenvalue weighted by molar-refractivity contribution is -0.127. The summed E-state index contributed by atoms with van der Waals surface area (Å²) in [5.74, 6) is 0.714. The molecule has 0 saturated carbocycles. The minimum Gasteiger partial charge on any atom is -0.339 e. The average Bonchev–Trinajstić information content (AvgIpc) is 3.03. The summed E-state index contributed by atoms with van der Waals surface area (Å²) in [7, 11) is 0. The van der Waals surface area contributed by atoms with Crippen LogP contribution in [0.15, 0.2) is 40.4 Å². The molecule has 1 aromatic carbocycles. The summed E-state index contributed by atoms with van der Waals surface area (Å²) < 4.78 is 19.1. The van der Waals surface area contributed by atoms with Gasteiger partial charge in [0.2, 0.25) is 17.6 Å². The Morgan fingerprint density at radius 2 is 2.20 bits per heavy atom. The van der Waals surface area contributed by atoms with E-state index in [0.717, 1.165) is 25.0 Å². The van der Waals surface area contributed by atoms with Crippen LogP contribution in [0.4, 0.5) is 4.39 Å². The third-order valence-electron chi connectivity index (χ3n) is 4.29. The number of allylic oxidation sites excluding steroid dienone is 1. The second-order valence-electron chi connectivity index (χ2n) is 6.71. The van der Waals surface area contributed by atoms with Crippen LogP contribution in [-0.4, -0.2) is 34.0 Å². The van der Waals surface area contributed by atoms with Gasteiger partial charge in [-0.25, -0.2) is 4.39 Å². The first-order valence-electron chi connectivity index (χ1n) is 8.54. The second kappa shape index (κ2) is 7.59. The number of likely N-dealkylation sites (tertiary alicyclic amines) is 1. The number of aromatic nitrogens is 2. The van der Waals surface area contributed by atoms with Crippen molar-refractivity contribution < 1.29 is 13.7 Å². The van der Waals surface area contributed by atoms with Crippen molar-refractivity contribution in [2.75, 3.05) is 13.1 Å². The number of halogens is 1. The van der Waals surface area contributed by atoms with E-state index >= 15 is 0 Å². The van der Waals surface area contributed by atoms with E-state index in [4.69, 9.17) is 4.52 Å². The molecule has 5 nitrogen and oxygen atoms in total. The predicted octanol–water partition coefficient (Wildman–Crippen LogP) is 3.62. The largest absolute Gasteiger partial charge is 0.339 e. The Kier molecular flexibility index (Phi) is 5.26. The molecule has 0 bridgehead atoms. The molecule has 0 spiro atoms. The number of carbonyl (C=O) groups excluding carboxylic acids is 1. The number of carbonyl (C=O) groups is 1. The highest BCUT2D eigenvalue weighted by molar-refractivity contribution is 5.88. The fourth-order valence-corrected chi connectivity index (χ4v) is 3.11. The highest BCUT2D eigenvalue weighted by Crippen LogP contribution is 2.23. The molecular weight excluding hydrogens is 321 g/mol. The number of benzene rings is 1. The van der Waals surface area contributed by atoms with Gasteiger partial charge < -0.3 is 9.42 Å². The Balaban J connectivity index is 1.66. The van der Waals surface area contributed by atoms with Crippen LogP contribution in [0.2, 0.25) is 0 Å². The zero-order valence-electron chi connectivity index (χ0n) is 14.5. The highest BCUT2D eigenvalue weighted by Gasteiger charge is 2.25. The molecule has 0 radical (unpaired) electrons. The normalized spacial score (nSPS) is 17.4. The maximum Gasteiger partial charge on any atom is 0.246 e. The third-order valence-corrected chi connectivity index (χ3v) is 4.29. The summed E-state index contributed by atoms with van der Waals surface area (Å²) in [6.45, 7) is 5.30. The van der Waals surface area contributed by atoms with Gasteiger partial charge in [-0.3, -0.25) is 4.79 Å². The monoisotopic (exact) mass is 343 g/mol. The molecule has 3 rings (SSSR count). The lowest BCUT2D eigenvalue weighted by Gasteiger charge is -2.31. The maximum atomic E-state index is 13.8. The van der Waals surface area contributed by atoms with Crippen LogP contribution in [-0.2, 0) is 11.2 Å². The van der Waals surface area contributed by atoms with Crippen molar-refractivity contribution in [2.45, 2.75) is 33.1 Å². The van der Waals surface area contributed by atoms with Crippen molar-refractivity contribution in [1.29, 1.82) is 0 Å². The zero-order chi connectivity index (χ0) is 17.8. The standard InChI is InChI=1S/C19H22FN3O2/c1-13(2)10-18(24)23-9-5-6-14(12-23)11-17-21-19(22-25-17)15-7-3-4-8-16(15)20/h3-4,7-8,10,14H,5-6,9,11-12H2,1-2H3/t14-/m1/s1. The number of nitrogens with zero attached hydrogens (tertiary/aromatic N) is 3. The van der Waals surface area contributed by atoms with Crippen LogP contribution in [0.3, 0.4) is 0 Å². The average molecular weight is 343 g/mol. The molecule has 1 aromatic heterocycles. The van der Waals surface area contributed by atoms with Gasteiger partial charge in [-0.1, -0.05) is 22.9 Å². The minimum atomic E-state index is -0.369.